The van der Waals surface area contributed by atoms with E-state index >= 15 is 0 Å². The molecule has 7 heteroatoms. The van der Waals surface area contributed by atoms with Crippen LogP contribution in [-0.2, 0) is 24.5 Å². The summed E-state index contributed by atoms with van der Waals surface area (Å²) in [7, 11) is 1.59. The minimum absolute atomic E-state index is 0.0426. The predicted octanol–water partition coefficient (Wildman–Crippen LogP) is 1.69. The maximum Gasteiger partial charge on any atom is 0.240 e. The number of carbonyl (C=O) groups excluding carboxylic acids is 3. The smallest absolute Gasteiger partial charge is 0.240 e. The first-order valence-electron chi connectivity index (χ1n) is 9.33. The Kier molecular flexibility index (Phi) is 6.55. The standard InChI is InChI=1S/C20H26N2O4S/c1-26-11-5-8-22-18(24)15-20(19(22)25,16-6-3-2-4-7-16)14-17(23)21-9-12-27-13-10-21/h2-4,6-7H,5,8-15H2,1H3. The van der Waals surface area contributed by atoms with Crippen molar-refractivity contribution < 1.29 is 19.1 Å². The van der Waals surface area contributed by atoms with Gasteiger partial charge in [0.05, 0.1) is 5.41 Å². The lowest BCUT2D eigenvalue weighted by atomic mass is 9.75. The summed E-state index contributed by atoms with van der Waals surface area (Å²) in [5, 5.41) is 0. The van der Waals surface area contributed by atoms with Crippen LogP contribution in [0, 0.1) is 0 Å². The quantitative estimate of drug-likeness (QED) is 0.524. The van der Waals surface area contributed by atoms with E-state index in [0.717, 1.165) is 17.1 Å². The van der Waals surface area contributed by atoms with Gasteiger partial charge in [-0.05, 0) is 12.0 Å². The topological polar surface area (TPSA) is 66.9 Å². The highest BCUT2D eigenvalue weighted by molar-refractivity contribution is 7.99. The molecule has 0 saturated carbocycles. The number of methoxy groups -OCH3 is 1. The van der Waals surface area contributed by atoms with Crippen LogP contribution in [0.3, 0.4) is 0 Å². The maximum atomic E-state index is 13.3. The number of benzene rings is 1. The van der Waals surface area contributed by atoms with Crippen LogP contribution in [0.15, 0.2) is 30.3 Å². The second kappa shape index (κ2) is 8.89. The third kappa shape index (κ3) is 4.19. The van der Waals surface area contributed by atoms with E-state index < -0.39 is 5.41 Å². The number of amides is 3. The molecule has 2 heterocycles. The average molecular weight is 391 g/mol. The highest BCUT2D eigenvalue weighted by Gasteiger charge is 2.53. The zero-order valence-corrected chi connectivity index (χ0v) is 16.5. The lowest BCUT2D eigenvalue weighted by molar-refractivity contribution is -0.142. The molecule has 3 amide bonds. The Bertz CT molecular complexity index is 690. The predicted molar refractivity (Wildman–Crippen MR) is 104 cm³/mol. The van der Waals surface area contributed by atoms with Crippen LogP contribution in [0.5, 0.6) is 0 Å². The van der Waals surface area contributed by atoms with Crippen LogP contribution in [0.4, 0.5) is 0 Å². The van der Waals surface area contributed by atoms with Gasteiger partial charge >= 0.3 is 0 Å². The number of hydrogen-bond donors (Lipinski definition) is 0. The van der Waals surface area contributed by atoms with E-state index in [2.05, 4.69) is 0 Å². The van der Waals surface area contributed by atoms with Crippen molar-refractivity contribution in [2.75, 3.05) is 44.9 Å². The first-order valence-corrected chi connectivity index (χ1v) is 10.5. The van der Waals surface area contributed by atoms with Gasteiger partial charge in [-0.25, -0.2) is 0 Å². The molecule has 0 spiro atoms. The Balaban J connectivity index is 1.86. The number of likely N-dealkylation sites (tertiary alicyclic amines) is 1. The van der Waals surface area contributed by atoms with Gasteiger partial charge in [0.1, 0.15) is 0 Å². The molecule has 2 aliphatic heterocycles. The molecule has 0 N–H and O–H groups in total. The molecule has 1 atom stereocenters. The molecule has 1 unspecified atom stereocenters. The van der Waals surface area contributed by atoms with Crippen LogP contribution in [-0.4, -0.2) is 72.4 Å². The van der Waals surface area contributed by atoms with Crippen LogP contribution in [0.25, 0.3) is 0 Å². The SMILES string of the molecule is COCCCN1C(=O)CC(CC(=O)N2CCSCC2)(c2ccccc2)C1=O. The van der Waals surface area contributed by atoms with Gasteiger partial charge in [-0.15, -0.1) is 0 Å². The molecule has 146 valence electrons. The largest absolute Gasteiger partial charge is 0.385 e. The number of hydrogen-bond acceptors (Lipinski definition) is 5. The fraction of sp³-hybridized carbons (Fsp3) is 0.550. The number of rotatable bonds is 7. The van der Waals surface area contributed by atoms with Crippen molar-refractivity contribution in [1.82, 2.24) is 9.80 Å². The molecule has 3 rings (SSSR count). The number of nitrogens with zero attached hydrogens (tertiary/aromatic N) is 2. The van der Waals surface area contributed by atoms with Gasteiger partial charge in [-0.3, -0.25) is 19.3 Å². The molecule has 1 aromatic rings. The molecule has 2 saturated heterocycles. The molecule has 6 nitrogen and oxygen atoms in total. The first kappa shape index (κ1) is 19.9. The van der Waals surface area contributed by atoms with E-state index in [1.807, 2.05) is 47.0 Å². The number of thioether (sulfide) groups is 1. The van der Waals surface area contributed by atoms with Crippen LogP contribution >= 0.6 is 11.8 Å². The Labute approximate surface area is 164 Å². The maximum absolute atomic E-state index is 13.3. The molecule has 0 radical (unpaired) electrons. The van der Waals surface area contributed by atoms with Crippen molar-refractivity contribution in [3.8, 4) is 0 Å². The molecule has 27 heavy (non-hydrogen) atoms. The van der Waals surface area contributed by atoms with Crippen molar-refractivity contribution in [3.63, 3.8) is 0 Å². The summed E-state index contributed by atoms with van der Waals surface area (Å²) in [6.07, 6.45) is 0.695. The van der Waals surface area contributed by atoms with Crippen molar-refractivity contribution >= 4 is 29.5 Å². The van der Waals surface area contributed by atoms with Crippen molar-refractivity contribution in [3.05, 3.63) is 35.9 Å². The van der Waals surface area contributed by atoms with Crippen molar-refractivity contribution in [1.29, 1.82) is 0 Å². The lowest BCUT2D eigenvalue weighted by Crippen LogP contribution is -2.45. The fourth-order valence-corrected chi connectivity index (χ4v) is 4.70. The summed E-state index contributed by atoms with van der Waals surface area (Å²) < 4.78 is 5.04. The molecular weight excluding hydrogens is 364 g/mol. The van der Waals surface area contributed by atoms with Crippen molar-refractivity contribution in [2.24, 2.45) is 0 Å². The Morgan fingerprint density at radius 2 is 1.89 bits per heavy atom. The minimum Gasteiger partial charge on any atom is -0.385 e. The average Bonchev–Trinajstić information content (AvgIpc) is 2.94. The van der Waals surface area contributed by atoms with E-state index in [-0.39, 0.29) is 30.6 Å². The molecule has 0 bridgehead atoms. The highest BCUT2D eigenvalue weighted by Crippen LogP contribution is 2.40. The van der Waals surface area contributed by atoms with Gasteiger partial charge in [0.25, 0.3) is 0 Å². The Morgan fingerprint density at radius 1 is 1.19 bits per heavy atom. The van der Waals surface area contributed by atoms with E-state index in [1.165, 1.54) is 4.90 Å². The summed E-state index contributed by atoms with van der Waals surface area (Å²) in [5.74, 6) is 1.33. The third-order valence-electron chi connectivity index (χ3n) is 5.28. The summed E-state index contributed by atoms with van der Waals surface area (Å²) in [4.78, 5) is 42.1. The second-order valence-corrected chi connectivity index (χ2v) is 8.22. The van der Waals surface area contributed by atoms with Gasteiger partial charge in [-0.1, -0.05) is 30.3 Å². The Hall–Kier alpha value is -1.86. The van der Waals surface area contributed by atoms with Gasteiger partial charge in [0.15, 0.2) is 0 Å². The van der Waals surface area contributed by atoms with E-state index in [1.54, 1.807) is 7.11 Å². The minimum atomic E-state index is -1.09. The number of imide groups is 1. The summed E-state index contributed by atoms with van der Waals surface area (Å²) in [6.45, 7) is 2.22. The lowest BCUT2D eigenvalue weighted by Gasteiger charge is -2.32. The Morgan fingerprint density at radius 3 is 2.56 bits per heavy atom. The monoisotopic (exact) mass is 390 g/mol. The van der Waals surface area contributed by atoms with E-state index in [0.29, 0.717) is 32.7 Å². The number of ether oxygens (including phenoxy) is 1. The zero-order valence-electron chi connectivity index (χ0n) is 15.7. The van der Waals surface area contributed by atoms with E-state index in [4.69, 9.17) is 4.74 Å². The summed E-state index contributed by atoms with van der Waals surface area (Å²) in [6, 6.07) is 9.28. The third-order valence-corrected chi connectivity index (χ3v) is 6.22. The van der Waals surface area contributed by atoms with Crippen molar-refractivity contribution in [2.45, 2.75) is 24.7 Å². The molecule has 1 aromatic carbocycles. The highest BCUT2D eigenvalue weighted by atomic mass is 32.2. The fourth-order valence-electron chi connectivity index (χ4n) is 3.80. The van der Waals surface area contributed by atoms with E-state index in [9.17, 15) is 14.4 Å². The molecule has 0 aromatic heterocycles. The molecule has 0 aliphatic carbocycles. The van der Waals surface area contributed by atoms with Gasteiger partial charge in [0.2, 0.25) is 17.7 Å². The second-order valence-electron chi connectivity index (χ2n) is 6.99. The summed E-state index contributed by atoms with van der Waals surface area (Å²) >= 11 is 1.83. The molecular formula is C20H26N2O4S. The molecule has 2 fully saturated rings. The van der Waals surface area contributed by atoms with Gasteiger partial charge in [0, 0.05) is 57.7 Å². The van der Waals surface area contributed by atoms with Crippen LogP contribution < -0.4 is 0 Å². The normalized spacial score (nSPS) is 23.1. The summed E-state index contributed by atoms with van der Waals surface area (Å²) in [5.41, 5.74) is -0.343. The number of carbonyl (C=O) groups is 3. The van der Waals surface area contributed by atoms with Crippen LogP contribution in [0.1, 0.15) is 24.8 Å². The van der Waals surface area contributed by atoms with Gasteiger partial charge in [-0.2, -0.15) is 11.8 Å². The zero-order chi connectivity index (χ0) is 19.3. The molecule has 2 aliphatic rings. The first-order chi connectivity index (χ1) is 13.1. The van der Waals surface area contributed by atoms with Crippen LogP contribution in [0.2, 0.25) is 0 Å². The van der Waals surface area contributed by atoms with Gasteiger partial charge < -0.3 is 9.64 Å².